The number of alkyl halides is 3. The average Bonchev–Trinajstić information content (AvgIpc) is 2.37. The second-order valence-electron chi connectivity index (χ2n) is 4.11. The molecule has 0 heterocycles. The molecule has 20 heavy (non-hydrogen) atoms. The molecule has 1 N–H and O–H groups in total. The van der Waals surface area contributed by atoms with Gasteiger partial charge in [0.2, 0.25) is 0 Å². The van der Waals surface area contributed by atoms with Crippen LogP contribution in [0.15, 0.2) is 42.5 Å². The zero-order valence-corrected chi connectivity index (χ0v) is 10.9. The van der Waals surface area contributed by atoms with E-state index < -0.39 is 17.6 Å². The average molecular weight is 304 g/mol. The van der Waals surface area contributed by atoms with E-state index in [9.17, 15) is 17.6 Å². The van der Waals surface area contributed by atoms with Crippen LogP contribution in [0.1, 0.15) is 11.1 Å². The number of hydrogen-bond donors (Lipinski definition) is 1. The largest absolute Gasteiger partial charge is 0.416 e. The van der Waals surface area contributed by atoms with Gasteiger partial charge in [0.15, 0.2) is 0 Å². The summed E-state index contributed by atoms with van der Waals surface area (Å²) in [4.78, 5) is 0. The minimum Gasteiger partial charge on any atom is -0.377 e. The summed E-state index contributed by atoms with van der Waals surface area (Å²) in [6, 6.07) is 9.20. The minimum absolute atomic E-state index is 0.00820. The molecule has 2 aromatic rings. The molecule has 0 bridgehead atoms. The third-order valence-electron chi connectivity index (χ3n) is 2.74. The van der Waals surface area contributed by atoms with Gasteiger partial charge < -0.3 is 5.32 Å². The molecule has 2 rings (SSSR count). The summed E-state index contributed by atoms with van der Waals surface area (Å²) < 4.78 is 51.9. The highest BCUT2D eigenvalue weighted by atomic mass is 35.5. The van der Waals surface area contributed by atoms with Crippen LogP contribution in [0.3, 0.4) is 0 Å². The van der Waals surface area contributed by atoms with Crippen LogP contribution in [0.5, 0.6) is 0 Å². The van der Waals surface area contributed by atoms with Gasteiger partial charge in [-0.25, -0.2) is 4.39 Å². The van der Waals surface area contributed by atoms with Crippen molar-refractivity contribution in [1.29, 1.82) is 0 Å². The standard InChI is InChI=1S/C14H10ClF4N/c15-11-6-3-7-12(16)13(11)20-8-9-4-1-2-5-10(9)14(17,18)19/h1-7,20H,8H2. The Bertz CT molecular complexity index is 590. The fourth-order valence-electron chi connectivity index (χ4n) is 1.80. The maximum absolute atomic E-state index is 13.5. The zero-order chi connectivity index (χ0) is 14.8. The lowest BCUT2D eigenvalue weighted by molar-refractivity contribution is -0.138. The van der Waals surface area contributed by atoms with Crippen LogP contribution in [0.4, 0.5) is 23.2 Å². The Balaban J connectivity index is 2.24. The van der Waals surface area contributed by atoms with Gasteiger partial charge in [-0.15, -0.1) is 0 Å². The number of benzene rings is 2. The molecule has 0 aliphatic carbocycles. The van der Waals surface area contributed by atoms with Gasteiger partial charge in [0, 0.05) is 6.54 Å². The van der Waals surface area contributed by atoms with E-state index in [4.69, 9.17) is 11.6 Å². The van der Waals surface area contributed by atoms with Gasteiger partial charge in [0.05, 0.1) is 16.3 Å². The van der Waals surface area contributed by atoms with Crippen LogP contribution in [-0.4, -0.2) is 0 Å². The topological polar surface area (TPSA) is 12.0 Å². The number of anilines is 1. The summed E-state index contributed by atoms with van der Waals surface area (Å²) in [5.41, 5.74) is -0.731. The first-order valence-electron chi connectivity index (χ1n) is 5.72. The maximum Gasteiger partial charge on any atom is 0.416 e. The monoisotopic (exact) mass is 303 g/mol. The molecule has 0 aromatic heterocycles. The van der Waals surface area contributed by atoms with Crippen LogP contribution in [0.25, 0.3) is 0 Å². The molecule has 0 saturated heterocycles. The summed E-state index contributed by atoms with van der Waals surface area (Å²) in [5, 5.41) is 2.72. The van der Waals surface area contributed by atoms with Gasteiger partial charge in [-0.1, -0.05) is 35.9 Å². The summed E-state index contributed by atoms with van der Waals surface area (Å²) in [6.07, 6.45) is -4.45. The van der Waals surface area contributed by atoms with Gasteiger partial charge in [-0.05, 0) is 23.8 Å². The van der Waals surface area contributed by atoms with E-state index >= 15 is 0 Å². The van der Waals surface area contributed by atoms with Crippen molar-refractivity contribution >= 4 is 17.3 Å². The Labute approximate surface area is 118 Å². The van der Waals surface area contributed by atoms with E-state index in [-0.39, 0.29) is 22.8 Å². The zero-order valence-electron chi connectivity index (χ0n) is 10.1. The highest BCUT2D eigenvalue weighted by Crippen LogP contribution is 2.32. The molecule has 0 aliphatic heterocycles. The highest BCUT2D eigenvalue weighted by molar-refractivity contribution is 6.33. The molecular weight excluding hydrogens is 294 g/mol. The fraction of sp³-hybridized carbons (Fsp3) is 0.143. The van der Waals surface area contributed by atoms with E-state index in [1.807, 2.05) is 0 Å². The number of halogens is 5. The molecule has 0 saturated carbocycles. The normalized spacial score (nSPS) is 11.4. The van der Waals surface area contributed by atoms with Crippen molar-refractivity contribution in [2.24, 2.45) is 0 Å². The SMILES string of the molecule is Fc1cccc(Cl)c1NCc1ccccc1C(F)(F)F. The van der Waals surface area contributed by atoms with Crippen LogP contribution in [-0.2, 0) is 12.7 Å². The molecule has 6 heteroatoms. The van der Waals surface area contributed by atoms with E-state index in [1.54, 1.807) is 0 Å². The van der Waals surface area contributed by atoms with Crippen molar-refractivity contribution < 1.29 is 17.6 Å². The van der Waals surface area contributed by atoms with E-state index in [0.717, 1.165) is 6.07 Å². The second kappa shape index (κ2) is 5.71. The Morgan fingerprint density at radius 1 is 1.00 bits per heavy atom. The van der Waals surface area contributed by atoms with Crippen molar-refractivity contribution in [3.8, 4) is 0 Å². The molecule has 0 amide bonds. The molecule has 2 aromatic carbocycles. The molecule has 0 radical (unpaired) electrons. The molecule has 1 nitrogen and oxygen atoms in total. The number of nitrogens with one attached hydrogen (secondary N) is 1. The predicted octanol–water partition coefficient (Wildman–Crippen LogP) is 5.11. The summed E-state index contributed by atoms with van der Waals surface area (Å²) >= 11 is 5.80. The molecule has 0 unspecified atom stereocenters. The van der Waals surface area contributed by atoms with Crippen LogP contribution in [0.2, 0.25) is 5.02 Å². The Morgan fingerprint density at radius 3 is 2.35 bits per heavy atom. The van der Waals surface area contributed by atoms with Crippen LogP contribution >= 0.6 is 11.6 Å². The summed E-state index contributed by atoms with van der Waals surface area (Å²) in [7, 11) is 0. The van der Waals surface area contributed by atoms with Crippen molar-refractivity contribution in [3.63, 3.8) is 0 Å². The molecule has 106 valence electrons. The molecule has 0 spiro atoms. The number of rotatable bonds is 3. The first-order valence-corrected chi connectivity index (χ1v) is 6.10. The molecule has 0 aliphatic rings. The van der Waals surface area contributed by atoms with E-state index in [1.165, 1.54) is 36.4 Å². The Morgan fingerprint density at radius 2 is 1.70 bits per heavy atom. The first-order chi connectivity index (χ1) is 9.39. The third kappa shape index (κ3) is 3.22. The van der Waals surface area contributed by atoms with Gasteiger partial charge in [0.1, 0.15) is 5.82 Å². The van der Waals surface area contributed by atoms with Crippen LogP contribution in [0, 0.1) is 5.82 Å². The summed E-state index contributed by atoms with van der Waals surface area (Å²) in [5.74, 6) is -0.609. The van der Waals surface area contributed by atoms with E-state index in [0.29, 0.717) is 0 Å². The minimum atomic E-state index is -4.45. The molecular formula is C14H10ClF4N. The van der Waals surface area contributed by atoms with Crippen LogP contribution < -0.4 is 5.32 Å². The van der Waals surface area contributed by atoms with Gasteiger partial charge in [-0.3, -0.25) is 0 Å². The molecule has 0 fully saturated rings. The van der Waals surface area contributed by atoms with Crippen molar-refractivity contribution in [2.75, 3.05) is 5.32 Å². The highest BCUT2D eigenvalue weighted by Gasteiger charge is 2.32. The lowest BCUT2D eigenvalue weighted by atomic mass is 10.1. The van der Waals surface area contributed by atoms with Gasteiger partial charge in [0.25, 0.3) is 0 Å². The Kier molecular flexibility index (Phi) is 4.18. The quantitative estimate of drug-likeness (QED) is 0.777. The van der Waals surface area contributed by atoms with Gasteiger partial charge >= 0.3 is 6.18 Å². The fourth-order valence-corrected chi connectivity index (χ4v) is 2.03. The third-order valence-corrected chi connectivity index (χ3v) is 3.06. The van der Waals surface area contributed by atoms with Crippen molar-refractivity contribution in [3.05, 3.63) is 64.4 Å². The lowest BCUT2D eigenvalue weighted by Crippen LogP contribution is -2.12. The lowest BCUT2D eigenvalue weighted by Gasteiger charge is -2.14. The Hall–Kier alpha value is -1.75. The number of para-hydroxylation sites is 1. The second-order valence-corrected chi connectivity index (χ2v) is 4.51. The molecule has 0 atom stereocenters. The number of hydrogen-bond acceptors (Lipinski definition) is 1. The van der Waals surface area contributed by atoms with E-state index in [2.05, 4.69) is 5.32 Å². The smallest absolute Gasteiger partial charge is 0.377 e. The predicted molar refractivity (Wildman–Crippen MR) is 70.2 cm³/mol. The first kappa shape index (κ1) is 14.7. The summed E-state index contributed by atoms with van der Waals surface area (Å²) in [6.45, 7) is -0.170. The maximum atomic E-state index is 13.5. The van der Waals surface area contributed by atoms with Crippen molar-refractivity contribution in [2.45, 2.75) is 12.7 Å². The van der Waals surface area contributed by atoms with Gasteiger partial charge in [-0.2, -0.15) is 13.2 Å². The van der Waals surface area contributed by atoms with Crippen molar-refractivity contribution in [1.82, 2.24) is 0 Å².